The Kier molecular flexibility index (Phi) is 6.97. The van der Waals surface area contributed by atoms with Crippen molar-refractivity contribution < 1.29 is 13.2 Å². The van der Waals surface area contributed by atoms with Crippen LogP contribution in [-0.4, -0.2) is 30.7 Å². The number of ether oxygens (including phenoxy) is 1. The van der Waals surface area contributed by atoms with Crippen LogP contribution in [0.15, 0.2) is 47.5 Å². The highest BCUT2D eigenvalue weighted by Crippen LogP contribution is 2.42. The summed E-state index contributed by atoms with van der Waals surface area (Å²) in [4.78, 5) is 9.05. The van der Waals surface area contributed by atoms with E-state index in [9.17, 15) is 8.42 Å². The minimum absolute atomic E-state index is 0.0942. The molecule has 0 fully saturated rings. The number of anilines is 4. The topological polar surface area (TPSA) is 93.2 Å². The SMILES string of the molecule is COc1cc2c(cc1Nc1ncc(Cl)c(Nc3ccccc3S(=O)(=O)C(C)C)n1)CCCC2(C)C. The first-order chi connectivity index (χ1) is 16.5. The number of methoxy groups -OCH3 is 1. The summed E-state index contributed by atoms with van der Waals surface area (Å²) in [6, 6.07) is 10.9. The van der Waals surface area contributed by atoms with E-state index in [1.165, 1.54) is 17.3 Å². The van der Waals surface area contributed by atoms with Gasteiger partial charge in [0.15, 0.2) is 15.7 Å². The molecule has 0 saturated carbocycles. The van der Waals surface area contributed by atoms with Gasteiger partial charge in [0.1, 0.15) is 10.8 Å². The van der Waals surface area contributed by atoms with Gasteiger partial charge >= 0.3 is 0 Å². The molecule has 4 rings (SSSR count). The van der Waals surface area contributed by atoms with E-state index in [1.807, 2.05) is 0 Å². The Hall–Kier alpha value is -2.84. The number of rotatable bonds is 7. The third-order valence-corrected chi connectivity index (χ3v) is 8.95. The van der Waals surface area contributed by atoms with Crippen LogP contribution in [0.5, 0.6) is 5.75 Å². The molecule has 2 aromatic carbocycles. The van der Waals surface area contributed by atoms with Crippen molar-refractivity contribution in [2.24, 2.45) is 0 Å². The Morgan fingerprint density at radius 1 is 1.11 bits per heavy atom. The normalized spacial score (nSPS) is 14.9. The molecule has 0 amide bonds. The summed E-state index contributed by atoms with van der Waals surface area (Å²) in [7, 11) is -1.86. The van der Waals surface area contributed by atoms with Crippen molar-refractivity contribution in [1.82, 2.24) is 9.97 Å². The quantitative estimate of drug-likeness (QED) is 0.375. The number of aryl methyl sites for hydroxylation is 1. The van der Waals surface area contributed by atoms with Gasteiger partial charge in [-0.15, -0.1) is 0 Å². The number of fused-ring (bicyclic) bond motifs is 1. The van der Waals surface area contributed by atoms with Crippen molar-refractivity contribution in [3.05, 3.63) is 58.7 Å². The summed E-state index contributed by atoms with van der Waals surface area (Å²) >= 11 is 6.37. The number of benzene rings is 2. The van der Waals surface area contributed by atoms with Crippen LogP contribution in [0.2, 0.25) is 5.02 Å². The molecule has 35 heavy (non-hydrogen) atoms. The zero-order valence-electron chi connectivity index (χ0n) is 20.6. The average molecular weight is 515 g/mol. The summed E-state index contributed by atoms with van der Waals surface area (Å²) in [6.07, 6.45) is 4.76. The van der Waals surface area contributed by atoms with Crippen molar-refractivity contribution in [3.8, 4) is 5.75 Å². The van der Waals surface area contributed by atoms with E-state index in [1.54, 1.807) is 45.2 Å². The number of sulfone groups is 1. The number of hydrogen-bond donors (Lipinski definition) is 2. The van der Waals surface area contributed by atoms with Crippen LogP contribution in [0.3, 0.4) is 0 Å². The molecule has 0 aliphatic heterocycles. The third-order valence-electron chi connectivity index (χ3n) is 6.46. The average Bonchev–Trinajstić information content (AvgIpc) is 2.81. The van der Waals surface area contributed by atoms with E-state index in [2.05, 4.69) is 46.6 Å². The van der Waals surface area contributed by atoms with Crippen LogP contribution >= 0.6 is 11.6 Å². The van der Waals surface area contributed by atoms with Crippen LogP contribution in [0.4, 0.5) is 23.1 Å². The molecule has 9 heteroatoms. The van der Waals surface area contributed by atoms with Gasteiger partial charge in [-0.1, -0.05) is 37.6 Å². The standard InChI is InChI=1S/C26H31ClN4O3S/c1-16(2)35(32,33)23-11-7-6-10-20(23)29-24-19(27)15-28-25(31-24)30-21-13-17-9-8-12-26(3,4)18(17)14-22(21)34-5/h6-7,10-11,13-16H,8-9,12H2,1-5H3,(H2,28,29,30,31). The maximum absolute atomic E-state index is 12.8. The lowest BCUT2D eigenvalue weighted by atomic mass is 9.72. The Morgan fingerprint density at radius 3 is 2.57 bits per heavy atom. The van der Waals surface area contributed by atoms with Gasteiger partial charge in [0.25, 0.3) is 0 Å². The van der Waals surface area contributed by atoms with Gasteiger partial charge in [-0.3, -0.25) is 0 Å². The van der Waals surface area contributed by atoms with E-state index >= 15 is 0 Å². The summed E-state index contributed by atoms with van der Waals surface area (Å²) in [5.41, 5.74) is 3.84. The molecule has 1 aliphatic rings. The van der Waals surface area contributed by atoms with Crippen LogP contribution in [0.25, 0.3) is 0 Å². The smallest absolute Gasteiger partial charge is 0.229 e. The van der Waals surface area contributed by atoms with E-state index < -0.39 is 15.1 Å². The highest BCUT2D eigenvalue weighted by Gasteiger charge is 2.29. The van der Waals surface area contributed by atoms with E-state index in [0.29, 0.717) is 23.2 Å². The highest BCUT2D eigenvalue weighted by atomic mass is 35.5. The molecule has 7 nitrogen and oxygen atoms in total. The molecule has 0 atom stereocenters. The zero-order chi connectivity index (χ0) is 25.4. The second kappa shape index (κ2) is 9.66. The van der Waals surface area contributed by atoms with Gasteiger partial charge in [0.2, 0.25) is 5.95 Å². The van der Waals surface area contributed by atoms with E-state index in [0.717, 1.165) is 24.9 Å². The van der Waals surface area contributed by atoms with Gasteiger partial charge < -0.3 is 15.4 Å². The van der Waals surface area contributed by atoms with Gasteiger partial charge in [0.05, 0.1) is 34.8 Å². The Labute approximate surface area is 212 Å². The number of halogens is 1. The van der Waals surface area contributed by atoms with Crippen LogP contribution in [0, 0.1) is 0 Å². The van der Waals surface area contributed by atoms with Crippen molar-refractivity contribution in [1.29, 1.82) is 0 Å². The first-order valence-electron chi connectivity index (χ1n) is 11.6. The number of hydrogen-bond acceptors (Lipinski definition) is 7. The first kappa shape index (κ1) is 25.3. The van der Waals surface area contributed by atoms with E-state index in [-0.39, 0.29) is 15.3 Å². The molecule has 2 N–H and O–H groups in total. The molecular formula is C26H31ClN4O3S. The summed E-state index contributed by atoms with van der Waals surface area (Å²) in [6.45, 7) is 7.82. The Balaban J connectivity index is 1.68. The van der Waals surface area contributed by atoms with E-state index in [4.69, 9.17) is 16.3 Å². The van der Waals surface area contributed by atoms with Crippen LogP contribution in [-0.2, 0) is 21.7 Å². The maximum Gasteiger partial charge on any atom is 0.229 e. The Bertz CT molecular complexity index is 1360. The second-order valence-corrected chi connectivity index (χ2v) is 12.6. The third kappa shape index (κ3) is 5.09. The molecule has 0 unspecified atom stereocenters. The number of aromatic nitrogens is 2. The van der Waals surface area contributed by atoms with Crippen LogP contribution < -0.4 is 15.4 Å². The molecule has 1 heterocycles. The second-order valence-electron chi connectivity index (χ2n) is 9.68. The molecule has 0 saturated heterocycles. The van der Waals surface area contributed by atoms with Crippen molar-refractivity contribution in [2.75, 3.05) is 17.7 Å². The van der Waals surface area contributed by atoms with Gasteiger partial charge in [-0.05, 0) is 73.9 Å². The lowest BCUT2D eigenvalue weighted by Gasteiger charge is -2.33. The van der Waals surface area contributed by atoms with Crippen LogP contribution in [0.1, 0.15) is 51.7 Å². The summed E-state index contributed by atoms with van der Waals surface area (Å²) in [5, 5.41) is 6.04. The summed E-state index contributed by atoms with van der Waals surface area (Å²) in [5.74, 6) is 1.32. The lowest BCUT2D eigenvalue weighted by Crippen LogP contribution is -2.24. The molecule has 3 aromatic rings. The fourth-order valence-electron chi connectivity index (χ4n) is 4.42. The molecule has 1 aromatic heterocycles. The highest BCUT2D eigenvalue weighted by molar-refractivity contribution is 7.92. The van der Waals surface area contributed by atoms with Gasteiger partial charge in [-0.25, -0.2) is 13.4 Å². The predicted octanol–water partition coefficient (Wildman–Crippen LogP) is 6.42. The van der Waals surface area contributed by atoms with Crippen molar-refractivity contribution >= 4 is 44.6 Å². The van der Waals surface area contributed by atoms with Crippen molar-refractivity contribution in [2.45, 2.75) is 62.5 Å². The molecule has 0 radical (unpaired) electrons. The largest absolute Gasteiger partial charge is 0.495 e. The zero-order valence-corrected chi connectivity index (χ0v) is 22.2. The monoisotopic (exact) mass is 514 g/mol. The van der Waals surface area contributed by atoms with Gasteiger partial charge in [-0.2, -0.15) is 4.98 Å². The molecule has 0 bridgehead atoms. The molecular weight excluding hydrogens is 484 g/mol. The maximum atomic E-state index is 12.8. The predicted molar refractivity (Wildman–Crippen MR) is 141 cm³/mol. The fourth-order valence-corrected chi connectivity index (χ4v) is 5.76. The fraction of sp³-hybridized carbons (Fsp3) is 0.385. The van der Waals surface area contributed by atoms with Gasteiger partial charge in [0, 0.05) is 0 Å². The number of nitrogens with one attached hydrogen (secondary N) is 2. The van der Waals surface area contributed by atoms with Crippen molar-refractivity contribution in [3.63, 3.8) is 0 Å². The minimum atomic E-state index is -3.51. The lowest BCUT2D eigenvalue weighted by molar-refractivity contribution is 0.403. The Morgan fingerprint density at radius 2 is 1.86 bits per heavy atom. The number of para-hydroxylation sites is 1. The summed E-state index contributed by atoms with van der Waals surface area (Å²) < 4.78 is 31.4. The molecule has 1 aliphatic carbocycles. The first-order valence-corrected chi connectivity index (χ1v) is 13.6. The molecule has 186 valence electrons. The molecule has 0 spiro atoms. The minimum Gasteiger partial charge on any atom is -0.495 e. The number of nitrogens with zero attached hydrogens (tertiary/aromatic N) is 2.